The van der Waals surface area contributed by atoms with Crippen molar-refractivity contribution in [3.8, 4) is 17.1 Å². The molecular formula is C21H17F4N3O3S. The Morgan fingerprint density at radius 2 is 1.91 bits per heavy atom. The summed E-state index contributed by atoms with van der Waals surface area (Å²) in [4.78, 5) is 3.74. The van der Waals surface area contributed by atoms with E-state index in [1.54, 1.807) is 34.4 Å². The van der Waals surface area contributed by atoms with Gasteiger partial charge in [0.1, 0.15) is 23.0 Å². The summed E-state index contributed by atoms with van der Waals surface area (Å²) in [6.07, 6.45) is -0.788. The number of nitrogens with zero attached hydrogens (tertiary/aromatic N) is 2. The van der Waals surface area contributed by atoms with Crippen LogP contribution in [0, 0.1) is 12.7 Å². The summed E-state index contributed by atoms with van der Waals surface area (Å²) in [5, 5.41) is 0.587. The number of alkyl halides is 3. The van der Waals surface area contributed by atoms with Crippen molar-refractivity contribution in [2.24, 2.45) is 0 Å². The number of halogens is 4. The molecule has 0 saturated carbocycles. The van der Waals surface area contributed by atoms with Gasteiger partial charge < -0.3 is 8.98 Å². The molecule has 4 rings (SSSR count). The van der Waals surface area contributed by atoms with Crippen LogP contribution in [0.3, 0.4) is 0 Å². The summed E-state index contributed by atoms with van der Waals surface area (Å²) in [6, 6.07) is 6.72. The normalized spacial score (nSPS) is 13.6. The Kier molecular flexibility index (Phi) is 5.33. The average Bonchev–Trinajstić information content (AvgIpc) is 3.35. The van der Waals surface area contributed by atoms with Crippen LogP contribution in [0.4, 0.5) is 17.6 Å². The fraction of sp³-hybridized carbons (Fsp3) is 0.190. The lowest BCUT2D eigenvalue weighted by atomic mass is 10.1. The first kappa shape index (κ1) is 22.0. The molecule has 0 saturated heterocycles. The van der Waals surface area contributed by atoms with Crippen molar-refractivity contribution >= 4 is 20.9 Å². The summed E-state index contributed by atoms with van der Waals surface area (Å²) < 4.78 is 85.4. The fourth-order valence-electron chi connectivity index (χ4n) is 3.24. The van der Waals surface area contributed by atoms with Gasteiger partial charge in [-0.15, -0.1) is 0 Å². The third-order valence-electron chi connectivity index (χ3n) is 4.98. The minimum Gasteiger partial charge on any atom is -0.470 e. The Balaban J connectivity index is 1.78. The summed E-state index contributed by atoms with van der Waals surface area (Å²) in [7, 11) is -4.43. The van der Waals surface area contributed by atoms with Crippen LogP contribution in [-0.4, -0.2) is 30.2 Å². The van der Waals surface area contributed by atoms with E-state index >= 15 is 0 Å². The van der Waals surface area contributed by atoms with E-state index in [1.807, 2.05) is 0 Å². The second-order valence-electron chi connectivity index (χ2n) is 7.27. The molecular weight excluding hydrogens is 450 g/mol. The molecule has 0 radical (unpaired) electrons. The van der Waals surface area contributed by atoms with Gasteiger partial charge >= 0.3 is 6.18 Å². The third-order valence-corrected chi connectivity index (χ3v) is 6.50. The van der Waals surface area contributed by atoms with E-state index < -0.39 is 27.1 Å². The van der Waals surface area contributed by atoms with Crippen LogP contribution in [-0.2, 0) is 10.0 Å². The molecule has 0 amide bonds. The minimum atomic E-state index is -4.72. The van der Waals surface area contributed by atoms with Crippen molar-refractivity contribution in [1.82, 2.24) is 14.3 Å². The van der Waals surface area contributed by atoms with Crippen LogP contribution in [0.15, 0.2) is 64.4 Å². The molecule has 1 N–H and O–H groups in total. The van der Waals surface area contributed by atoms with Gasteiger partial charge in [-0.1, -0.05) is 0 Å². The number of furan rings is 1. The highest BCUT2D eigenvalue weighted by atomic mass is 32.2. The van der Waals surface area contributed by atoms with E-state index in [0.29, 0.717) is 40.5 Å². The Morgan fingerprint density at radius 3 is 2.50 bits per heavy atom. The van der Waals surface area contributed by atoms with E-state index in [1.165, 1.54) is 24.7 Å². The van der Waals surface area contributed by atoms with Crippen molar-refractivity contribution in [2.75, 3.05) is 0 Å². The standard InChI is InChI=1S/C21H17F4N3O3S/c1-12-7-19-14(8-17(12)22)9-20(28(19)15-5-6-31-11-15)18-4-3-16(10-26-18)32(29,30)27-13(2)21(23,24)25/h3-11,13,27H,1-2H3/t13-/m0/s1. The number of hydrogen-bond acceptors (Lipinski definition) is 4. The molecule has 168 valence electrons. The quantitative estimate of drug-likeness (QED) is 0.421. The number of sulfonamides is 1. The first-order valence-corrected chi connectivity index (χ1v) is 10.9. The smallest absolute Gasteiger partial charge is 0.404 e. The summed E-state index contributed by atoms with van der Waals surface area (Å²) in [5.41, 5.74) is 2.61. The zero-order valence-corrected chi connectivity index (χ0v) is 17.6. The van der Waals surface area contributed by atoms with Crippen molar-refractivity contribution < 1.29 is 30.4 Å². The van der Waals surface area contributed by atoms with Gasteiger partial charge in [-0.05, 0) is 49.7 Å². The molecule has 6 nitrogen and oxygen atoms in total. The zero-order chi connectivity index (χ0) is 23.3. The first-order valence-electron chi connectivity index (χ1n) is 9.37. The Morgan fingerprint density at radius 1 is 1.16 bits per heavy atom. The third kappa shape index (κ3) is 4.00. The maximum absolute atomic E-state index is 14.1. The Hall–Kier alpha value is -3.18. The van der Waals surface area contributed by atoms with Crippen molar-refractivity contribution in [3.05, 3.63) is 66.5 Å². The highest BCUT2D eigenvalue weighted by molar-refractivity contribution is 7.89. The van der Waals surface area contributed by atoms with Gasteiger partial charge in [0.2, 0.25) is 10.0 Å². The molecule has 11 heteroatoms. The number of aromatic nitrogens is 2. The van der Waals surface area contributed by atoms with E-state index in [9.17, 15) is 26.0 Å². The van der Waals surface area contributed by atoms with Crippen LogP contribution in [0.2, 0.25) is 0 Å². The Labute approximate surface area is 180 Å². The summed E-state index contributed by atoms with van der Waals surface area (Å²) in [5.74, 6) is -0.382. The number of aryl methyl sites for hydroxylation is 1. The summed E-state index contributed by atoms with van der Waals surface area (Å²) in [6.45, 7) is 2.35. The molecule has 0 unspecified atom stereocenters. The van der Waals surface area contributed by atoms with Gasteiger partial charge in [-0.2, -0.15) is 17.9 Å². The first-order chi connectivity index (χ1) is 15.0. The molecule has 32 heavy (non-hydrogen) atoms. The molecule has 4 aromatic rings. The lowest BCUT2D eigenvalue weighted by molar-refractivity contribution is -0.147. The predicted octanol–water partition coefficient (Wildman–Crippen LogP) is 4.96. The maximum Gasteiger partial charge on any atom is 0.404 e. The van der Waals surface area contributed by atoms with E-state index in [2.05, 4.69) is 4.98 Å². The maximum atomic E-state index is 14.1. The van der Waals surface area contributed by atoms with Gasteiger partial charge in [-0.25, -0.2) is 12.8 Å². The van der Waals surface area contributed by atoms with Gasteiger partial charge in [0.25, 0.3) is 0 Å². The van der Waals surface area contributed by atoms with Crippen LogP contribution >= 0.6 is 0 Å². The molecule has 0 spiro atoms. The predicted molar refractivity (Wildman–Crippen MR) is 109 cm³/mol. The molecule has 1 atom stereocenters. The van der Waals surface area contributed by atoms with E-state index in [4.69, 9.17) is 4.42 Å². The molecule has 0 aliphatic rings. The van der Waals surface area contributed by atoms with Gasteiger partial charge in [-0.3, -0.25) is 4.98 Å². The molecule has 0 aliphatic heterocycles. The monoisotopic (exact) mass is 467 g/mol. The number of hydrogen-bond donors (Lipinski definition) is 1. The van der Waals surface area contributed by atoms with Crippen molar-refractivity contribution in [1.29, 1.82) is 0 Å². The molecule has 0 bridgehead atoms. The number of fused-ring (bicyclic) bond motifs is 1. The minimum absolute atomic E-state index is 0.336. The fourth-order valence-corrected chi connectivity index (χ4v) is 4.42. The largest absolute Gasteiger partial charge is 0.470 e. The zero-order valence-electron chi connectivity index (χ0n) is 16.8. The van der Waals surface area contributed by atoms with Crippen LogP contribution in [0.5, 0.6) is 0 Å². The molecule has 3 heterocycles. The highest BCUT2D eigenvalue weighted by Gasteiger charge is 2.39. The van der Waals surface area contributed by atoms with E-state index in [-0.39, 0.29) is 5.82 Å². The lowest BCUT2D eigenvalue weighted by Gasteiger charge is -2.17. The van der Waals surface area contributed by atoms with Crippen LogP contribution in [0.25, 0.3) is 28.0 Å². The van der Waals surface area contributed by atoms with Crippen molar-refractivity contribution in [2.45, 2.75) is 31.0 Å². The lowest BCUT2D eigenvalue weighted by Crippen LogP contribution is -2.42. The van der Waals surface area contributed by atoms with Gasteiger partial charge in [0.05, 0.1) is 28.9 Å². The second-order valence-corrected chi connectivity index (χ2v) is 8.98. The molecule has 3 aromatic heterocycles. The van der Waals surface area contributed by atoms with Gasteiger partial charge in [0, 0.05) is 17.6 Å². The topological polar surface area (TPSA) is 77.1 Å². The number of benzene rings is 1. The van der Waals surface area contributed by atoms with Crippen LogP contribution < -0.4 is 4.72 Å². The summed E-state index contributed by atoms with van der Waals surface area (Å²) >= 11 is 0. The number of nitrogens with one attached hydrogen (secondary N) is 1. The van der Waals surface area contributed by atoms with Gasteiger partial charge in [0.15, 0.2) is 0 Å². The highest BCUT2D eigenvalue weighted by Crippen LogP contribution is 2.32. The van der Waals surface area contributed by atoms with Crippen LogP contribution in [0.1, 0.15) is 12.5 Å². The number of rotatable bonds is 5. The van der Waals surface area contributed by atoms with E-state index in [0.717, 1.165) is 12.3 Å². The van der Waals surface area contributed by atoms with Crippen molar-refractivity contribution in [3.63, 3.8) is 0 Å². The number of pyridine rings is 1. The molecule has 0 fully saturated rings. The molecule has 1 aromatic carbocycles. The SMILES string of the molecule is Cc1cc2c(cc1F)cc(-c1ccc(S(=O)(=O)N[C@@H](C)C(F)(F)F)cn1)n2-c1ccoc1. The molecule has 0 aliphatic carbocycles. The Bertz CT molecular complexity index is 1380. The average molecular weight is 467 g/mol. The second kappa shape index (κ2) is 7.75.